The Morgan fingerprint density at radius 2 is 2.00 bits per heavy atom. The predicted octanol–water partition coefficient (Wildman–Crippen LogP) is 5.36. The lowest BCUT2D eigenvalue weighted by molar-refractivity contribution is 0.104. The first-order valence-corrected chi connectivity index (χ1v) is 9.99. The zero-order valence-electron chi connectivity index (χ0n) is 16.2. The average Bonchev–Trinajstić information content (AvgIpc) is 2.68. The van der Waals surface area contributed by atoms with E-state index < -0.39 is 6.16 Å². The van der Waals surface area contributed by atoms with Gasteiger partial charge in [-0.3, -0.25) is 0 Å². The van der Waals surface area contributed by atoms with Gasteiger partial charge in [0.1, 0.15) is 5.75 Å². The summed E-state index contributed by atoms with van der Waals surface area (Å²) in [7, 11) is 0. The van der Waals surface area contributed by atoms with Crippen LogP contribution in [0, 0.1) is 5.92 Å². The van der Waals surface area contributed by atoms with Crippen molar-refractivity contribution in [2.45, 2.75) is 58.8 Å². The summed E-state index contributed by atoms with van der Waals surface area (Å²) in [5.74, 6) is 1.95. The lowest BCUT2D eigenvalue weighted by atomic mass is 9.84. The van der Waals surface area contributed by atoms with Gasteiger partial charge in [0.25, 0.3) is 0 Å². The summed E-state index contributed by atoms with van der Waals surface area (Å²) >= 11 is 0. The number of hydrogen-bond acceptors (Lipinski definition) is 5. The Kier molecular flexibility index (Phi) is 6.80. The van der Waals surface area contributed by atoms with Gasteiger partial charge in [0.2, 0.25) is 0 Å². The third-order valence-electron chi connectivity index (χ3n) is 5.04. The first-order chi connectivity index (χ1) is 13.2. The van der Waals surface area contributed by atoms with Gasteiger partial charge in [0, 0.05) is 17.5 Å². The number of benzene rings is 1. The lowest BCUT2D eigenvalue weighted by Crippen LogP contribution is -2.16. The Balaban J connectivity index is 1.64. The van der Waals surface area contributed by atoms with E-state index in [0.29, 0.717) is 12.4 Å². The quantitative estimate of drug-likeness (QED) is 0.374. The highest BCUT2D eigenvalue weighted by molar-refractivity contribution is 5.65. The summed E-state index contributed by atoms with van der Waals surface area (Å²) in [6, 6.07) is 7.21. The Morgan fingerprint density at radius 3 is 2.74 bits per heavy atom. The summed E-state index contributed by atoms with van der Waals surface area (Å²) in [5, 5.41) is 0. The lowest BCUT2D eigenvalue weighted by Gasteiger charge is -2.23. The molecule has 1 aliphatic carbocycles. The highest BCUT2D eigenvalue weighted by Crippen LogP contribution is 2.29. The molecule has 1 aliphatic rings. The molecule has 0 radical (unpaired) electrons. The van der Waals surface area contributed by atoms with Crippen LogP contribution in [0.25, 0.3) is 11.4 Å². The fraction of sp³-hybridized carbons (Fsp3) is 0.500. The van der Waals surface area contributed by atoms with E-state index in [1.807, 2.05) is 18.3 Å². The number of aryl methyl sites for hydroxylation is 1. The van der Waals surface area contributed by atoms with E-state index in [9.17, 15) is 4.79 Å². The number of hydrogen-bond donors (Lipinski definition) is 0. The number of nitrogens with zero attached hydrogens (tertiary/aromatic N) is 2. The number of ether oxygens (including phenoxy) is 2. The summed E-state index contributed by atoms with van der Waals surface area (Å²) in [5.41, 5.74) is 3.39. The molecule has 1 aromatic heterocycles. The summed E-state index contributed by atoms with van der Waals surface area (Å²) in [6.07, 6.45) is 9.91. The highest BCUT2D eigenvalue weighted by Gasteiger charge is 2.20. The van der Waals surface area contributed by atoms with Gasteiger partial charge in [-0.2, -0.15) is 0 Å². The van der Waals surface area contributed by atoms with Crippen molar-refractivity contribution < 1.29 is 14.3 Å². The molecule has 27 heavy (non-hydrogen) atoms. The van der Waals surface area contributed by atoms with Crippen LogP contribution in [0.1, 0.15) is 57.2 Å². The SMILES string of the molecule is CCCCCC1CCc2nc(-c3ccc(OC(=O)OCC)cc3)ncc2C1. The molecule has 144 valence electrons. The maximum atomic E-state index is 11.4. The van der Waals surface area contributed by atoms with Crippen LogP contribution in [-0.4, -0.2) is 22.7 Å². The topological polar surface area (TPSA) is 61.3 Å². The van der Waals surface area contributed by atoms with E-state index in [2.05, 4.69) is 11.9 Å². The molecule has 0 N–H and O–H groups in total. The molecule has 5 nitrogen and oxygen atoms in total. The van der Waals surface area contributed by atoms with E-state index in [0.717, 1.165) is 30.1 Å². The minimum absolute atomic E-state index is 0.291. The third-order valence-corrected chi connectivity index (χ3v) is 5.04. The van der Waals surface area contributed by atoms with Gasteiger partial charge >= 0.3 is 6.16 Å². The number of fused-ring (bicyclic) bond motifs is 1. The van der Waals surface area contributed by atoms with Crippen LogP contribution in [-0.2, 0) is 17.6 Å². The van der Waals surface area contributed by atoms with Crippen LogP contribution in [0.2, 0.25) is 0 Å². The van der Waals surface area contributed by atoms with Crippen LogP contribution in [0.5, 0.6) is 5.75 Å². The van der Waals surface area contributed by atoms with Gasteiger partial charge < -0.3 is 9.47 Å². The van der Waals surface area contributed by atoms with E-state index in [4.69, 9.17) is 14.5 Å². The predicted molar refractivity (Wildman–Crippen MR) is 105 cm³/mol. The molecule has 2 aromatic rings. The average molecular weight is 368 g/mol. The third kappa shape index (κ3) is 5.28. The van der Waals surface area contributed by atoms with Crippen molar-refractivity contribution in [3.8, 4) is 17.1 Å². The maximum Gasteiger partial charge on any atom is 0.513 e. The largest absolute Gasteiger partial charge is 0.513 e. The normalized spacial score (nSPS) is 15.9. The summed E-state index contributed by atoms with van der Waals surface area (Å²) in [6.45, 7) is 4.28. The van der Waals surface area contributed by atoms with Crippen molar-refractivity contribution >= 4 is 6.16 Å². The van der Waals surface area contributed by atoms with Gasteiger partial charge in [0.05, 0.1) is 6.61 Å². The molecule has 0 saturated heterocycles. The first-order valence-electron chi connectivity index (χ1n) is 9.99. The summed E-state index contributed by atoms with van der Waals surface area (Å²) in [4.78, 5) is 20.7. The van der Waals surface area contributed by atoms with Gasteiger partial charge in [-0.1, -0.05) is 32.6 Å². The Bertz CT molecular complexity index is 759. The van der Waals surface area contributed by atoms with Crippen molar-refractivity contribution in [3.05, 3.63) is 41.7 Å². The molecule has 3 rings (SSSR count). The minimum Gasteiger partial charge on any atom is -0.434 e. The first kappa shape index (κ1) is 19.3. The molecule has 1 atom stereocenters. The molecule has 0 spiro atoms. The zero-order valence-corrected chi connectivity index (χ0v) is 16.2. The Labute approximate surface area is 161 Å². The molecule has 0 amide bonds. The van der Waals surface area contributed by atoms with Crippen molar-refractivity contribution in [1.29, 1.82) is 0 Å². The molecular formula is C22H28N2O3. The fourth-order valence-corrected chi connectivity index (χ4v) is 3.57. The zero-order chi connectivity index (χ0) is 19.1. The molecule has 1 heterocycles. The smallest absolute Gasteiger partial charge is 0.434 e. The number of aromatic nitrogens is 2. The Morgan fingerprint density at radius 1 is 1.19 bits per heavy atom. The molecule has 0 bridgehead atoms. The van der Waals surface area contributed by atoms with Crippen LogP contribution in [0.4, 0.5) is 4.79 Å². The molecule has 0 aliphatic heterocycles. The second-order valence-electron chi connectivity index (χ2n) is 7.08. The number of carbonyl (C=O) groups excluding carboxylic acids is 1. The molecule has 0 fully saturated rings. The molecule has 1 unspecified atom stereocenters. The second-order valence-corrected chi connectivity index (χ2v) is 7.08. The number of unbranched alkanes of at least 4 members (excludes halogenated alkanes) is 2. The number of carbonyl (C=O) groups is 1. The number of rotatable bonds is 7. The fourth-order valence-electron chi connectivity index (χ4n) is 3.57. The van der Waals surface area contributed by atoms with Gasteiger partial charge in [-0.05, 0) is 61.9 Å². The Hall–Kier alpha value is -2.43. The van der Waals surface area contributed by atoms with Crippen molar-refractivity contribution in [1.82, 2.24) is 9.97 Å². The van der Waals surface area contributed by atoms with Crippen LogP contribution in [0.3, 0.4) is 0 Å². The van der Waals surface area contributed by atoms with Crippen LogP contribution in [0.15, 0.2) is 30.5 Å². The van der Waals surface area contributed by atoms with Crippen molar-refractivity contribution in [2.75, 3.05) is 6.61 Å². The van der Waals surface area contributed by atoms with E-state index in [-0.39, 0.29) is 0 Å². The van der Waals surface area contributed by atoms with Gasteiger partial charge in [-0.25, -0.2) is 14.8 Å². The molecule has 1 aromatic carbocycles. The highest BCUT2D eigenvalue weighted by atomic mass is 16.7. The van der Waals surface area contributed by atoms with Gasteiger partial charge in [0.15, 0.2) is 5.82 Å². The van der Waals surface area contributed by atoms with Crippen LogP contribution < -0.4 is 4.74 Å². The standard InChI is InChI=1S/C22H28N2O3/c1-3-5-6-7-16-8-13-20-18(14-16)15-23-21(24-20)17-9-11-19(12-10-17)27-22(25)26-4-2/h9-12,15-16H,3-8,13-14H2,1-2H3. The van der Waals surface area contributed by atoms with Crippen molar-refractivity contribution in [3.63, 3.8) is 0 Å². The maximum absolute atomic E-state index is 11.4. The summed E-state index contributed by atoms with van der Waals surface area (Å²) < 4.78 is 9.86. The van der Waals surface area contributed by atoms with E-state index in [1.54, 1.807) is 19.1 Å². The molecule has 5 heteroatoms. The monoisotopic (exact) mass is 368 g/mol. The second kappa shape index (κ2) is 9.49. The van der Waals surface area contributed by atoms with Gasteiger partial charge in [-0.15, -0.1) is 0 Å². The van der Waals surface area contributed by atoms with Crippen LogP contribution >= 0.6 is 0 Å². The molecule has 0 saturated carbocycles. The minimum atomic E-state index is -0.691. The van der Waals surface area contributed by atoms with Crippen molar-refractivity contribution in [2.24, 2.45) is 5.92 Å². The van der Waals surface area contributed by atoms with E-state index in [1.165, 1.54) is 43.4 Å². The van der Waals surface area contributed by atoms with E-state index >= 15 is 0 Å². The molecular weight excluding hydrogens is 340 g/mol.